The summed E-state index contributed by atoms with van der Waals surface area (Å²) in [4.78, 5) is 11.2. The lowest BCUT2D eigenvalue weighted by Gasteiger charge is -2.20. The lowest BCUT2D eigenvalue weighted by molar-refractivity contribution is 0.268. The molecule has 1 saturated carbocycles. The topological polar surface area (TPSA) is 98.4 Å². The Balaban J connectivity index is 1.16. The van der Waals surface area contributed by atoms with E-state index in [1.54, 1.807) is 12.1 Å². The van der Waals surface area contributed by atoms with E-state index in [4.69, 9.17) is 9.26 Å². The summed E-state index contributed by atoms with van der Waals surface area (Å²) < 4.78 is 34.7. The van der Waals surface area contributed by atoms with Crippen molar-refractivity contribution in [3.63, 3.8) is 0 Å². The molecule has 9 heteroatoms. The molecule has 0 bridgehead atoms. The first kappa shape index (κ1) is 21.9. The minimum atomic E-state index is -3.25. The van der Waals surface area contributed by atoms with Crippen molar-refractivity contribution in [2.45, 2.75) is 31.6 Å². The second-order valence-corrected chi connectivity index (χ2v) is 11.7. The Labute approximate surface area is 193 Å². The highest BCUT2D eigenvalue weighted by molar-refractivity contribution is 7.90. The van der Waals surface area contributed by atoms with Crippen molar-refractivity contribution in [2.24, 2.45) is 17.3 Å². The first-order chi connectivity index (χ1) is 15.6. The smallest absolute Gasteiger partial charge is 0.324 e. The van der Waals surface area contributed by atoms with Crippen LogP contribution in [0.3, 0.4) is 0 Å². The van der Waals surface area contributed by atoms with Crippen LogP contribution in [0.1, 0.15) is 32.5 Å². The van der Waals surface area contributed by atoms with Crippen molar-refractivity contribution in [3.8, 4) is 17.0 Å². The largest absolute Gasteiger partial charge is 0.493 e. The summed E-state index contributed by atoms with van der Waals surface area (Å²) in [5.41, 5.74) is 1.84. The highest BCUT2D eigenvalue weighted by Crippen LogP contribution is 2.63. The molecule has 0 spiro atoms. The third-order valence-electron chi connectivity index (χ3n) is 6.98. The van der Waals surface area contributed by atoms with Crippen molar-refractivity contribution in [1.29, 1.82) is 0 Å². The van der Waals surface area contributed by atoms with Gasteiger partial charge >= 0.3 is 6.01 Å². The molecule has 1 aliphatic carbocycles. The second-order valence-electron chi connectivity index (χ2n) is 9.68. The predicted molar refractivity (Wildman–Crippen MR) is 124 cm³/mol. The number of aromatic nitrogens is 3. The van der Waals surface area contributed by atoms with Crippen molar-refractivity contribution in [1.82, 2.24) is 15.1 Å². The number of rotatable bonds is 7. The van der Waals surface area contributed by atoms with Crippen LogP contribution < -0.4 is 9.64 Å². The van der Waals surface area contributed by atoms with E-state index in [0.717, 1.165) is 35.9 Å². The van der Waals surface area contributed by atoms with Crippen molar-refractivity contribution in [3.05, 3.63) is 48.4 Å². The van der Waals surface area contributed by atoms with Crippen LogP contribution in [0, 0.1) is 17.3 Å². The van der Waals surface area contributed by atoms with Gasteiger partial charge in [0.05, 0.1) is 17.2 Å². The van der Waals surface area contributed by atoms with Gasteiger partial charge in [0.1, 0.15) is 5.75 Å². The lowest BCUT2D eigenvalue weighted by atomic mass is 10.1. The van der Waals surface area contributed by atoms with Gasteiger partial charge in [0.25, 0.3) is 0 Å². The third-order valence-corrected chi connectivity index (χ3v) is 8.08. The van der Waals surface area contributed by atoms with E-state index in [1.807, 2.05) is 24.3 Å². The monoisotopic (exact) mass is 468 g/mol. The van der Waals surface area contributed by atoms with Crippen LogP contribution in [-0.2, 0) is 9.84 Å². The molecule has 1 aliphatic heterocycles. The quantitative estimate of drug-likeness (QED) is 0.516. The van der Waals surface area contributed by atoms with Crippen LogP contribution in [-0.4, -0.2) is 49.5 Å². The number of hydrogen-bond donors (Lipinski definition) is 0. The predicted octanol–water partition coefficient (Wildman–Crippen LogP) is 3.81. The van der Waals surface area contributed by atoms with E-state index < -0.39 is 9.84 Å². The third kappa shape index (κ3) is 4.10. The fourth-order valence-electron chi connectivity index (χ4n) is 4.77. The summed E-state index contributed by atoms with van der Waals surface area (Å²) in [6, 6.07) is 11.7. The Kier molecular flexibility index (Phi) is 5.19. The van der Waals surface area contributed by atoms with Gasteiger partial charge in [0.15, 0.2) is 15.7 Å². The Morgan fingerprint density at radius 1 is 1.21 bits per heavy atom. The molecule has 1 aromatic carbocycles. The SMILES string of the molecule is CC(C)c1noc(N2C[C@@H]3[C@H](COc4ccc(-c5ccc(S(C)(=O)=O)cn5)cc4)[C@]3(C)C2)n1. The molecule has 2 aliphatic rings. The maximum absolute atomic E-state index is 11.6. The normalized spacial score (nSPS) is 24.2. The van der Waals surface area contributed by atoms with E-state index in [9.17, 15) is 8.42 Å². The second kappa shape index (κ2) is 7.83. The van der Waals surface area contributed by atoms with Gasteiger partial charge in [-0.05, 0) is 47.7 Å². The zero-order valence-corrected chi connectivity index (χ0v) is 20.0. The minimum Gasteiger partial charge on any atom is -0.493 e. The molecule has 3 atom stereocenters. The van der Waals surface area contributed by atoms with E-state index >= 15 is 0 Å². The zero-order valence-electron chi connectivity index (χ0n) is 19.2. The van der Waals surface area contributed by atoms with Crippen LogP contribution in [0.4, 0.5) is 6.01 Å². The molecular weight excluding hydrogens is 440 g/mol. The Bertz CT molecular complexity index is 1250. The number of hydrogen-bond acceptors (Lipinski definition) is 8. The number of sulfone groups is 1. The first-order valence-electron chi connectivity index (χ1n) is 11.1. The fraction of sp³-hybridized carbons (Fsp3) is 0.458. The molecule has 1 saturated heterocycles. The zero-order chi connectivity index (χ0) is 23.4. The number of benzene rings is 1. The van der Waals surface area contributed by atoms with Crippen LogP contribution in [0.5, 0.6) is 5.75 Å². The number of nitrogens with zero attached hydrogens (tertiary/aromatic N) is 4. The Hall–Kier alpha value is -2.94. The molecule has 3 aromatic rings. The van der Waals surface area contributed by atoms with Gasteiger partial charge in [-0.2, -0.15) is 4.98 Å². The molecule has 3 heterocycles. The summed E-state index contributed by atoms with van der Waals surface area (Å²) in [6.07, 6.45) is 2.57. The van der Waals surface area contributed by atoms with Gasteiger partial charge in [-0.25, -0.2) is 8.42 Å². The van der Waals surface area contributed by atoms with Crippen molar-refractivity contribution < 1.29 is 17.7 Å². The van der Waals surface area contributed by atoms with Gasteiger partial charge in [0.2, 0.25) is 0 Å². The van der Waals surface area contributed by atoms with Crippen molar-refractivity contribution >= 4 is 15.9 Å². The summed E-state index contributed by atoms with van der Waals surface area (Å²) >= 11 is 0. The van der Waals surface area contributed by atoms with Gasteiger partial charge in [0, 0.05) is 42.9 Å². The highest BCUT2D eigenvalue weighted by Gasteiger charge is 2.66. The molecule has 2 aromatic heterocycles. The molecule has 8 nitrogen and oxygen atoms in total. The molecule has 5 rings (SSSR count). The first-order valence-corrected chi connectivity index (χ1v) is 13.0. The number of fused-ring (bicyclic) bond motifs is 1. The molecule has 0 unspecified atom stereocenters. The number of pyridine rings is 1. The summed E-state index contributed by atoms with van der Waals surface area (Å²) in [5.74, 6) is 2.89. The minimum absolute atomic E-state index is 0.206. The van der Waals surface area contributed by atoms with Crippen LogP contribution >= 0.6 is 0 Å². The van der Waals surface area contributed by atoms with Crippen LogP contribution in [0.2, 0.25) is 0 Å². The van der Waals surface area contributed by atoms with Crippen molar-refractivity contribution in [2.75, 3.05) is 30.9 Å². The van der Waals surface area contributed by atoms with E-state index in [1.165, 1.54) is 12.5 Å². The van der Waals surface area contributed by atoms with Gasteiger partial charge in [-0.3, -0.25) is 4.98 Å². The van der Waals surface area contributed by atoms with Crippen LogP contribution in [0.15, 0.2) is 52.0 Å². The maximum atomic E-state index is 11.6. The van der Waals surface area contributed by atoms with E-state index in [-0.39, 0.29) is 16.2 Å². The van der Waals surface area contributed by atoms with Crippen LogP contribution in [0.25, 0.3) is 11.3 Å². The fourth-order valence-corrected chi connectivity index (χ4v) is 5.33. The summed E-state index contributed by atoms with van der Waals surface area (Å²) in [6.45, 7) is 8.92. The molecule has 33 heavy (non-hydrogen) atoms. The molecular formula is C24H28N4O4S. The average Bonchev–Trinajstić information content (AvgIpc) is 3.15. The average molecular weight is 469 g/mol. The van der Waals surface area contributed by atoms with E-state index in [0.29, 0.717) is 24.5 Å². The number of piperidine rings is 1. The molecule has 0 amide bonds. The molecule has 0 radical (unpaired) electrons. The maximum Gasteiger partial charge on any atom is 0.324 e. The van der Waals surface area contributed by atoms with Gasteiger partial charge in [-0.15, -0.1) is 0 Å². The molecule has 2 fully saturated rings. The standard InChI is InChI=1S/C24H28N4O4S/c1-15(2)22-26-23(32-27-22)28-12-19-20(24(19,3)14-28)13-31-17-7-5-16(6-8-17)21-10-9-18(11-25-21)33(4,29)30/h5-11,15,19-20H,12-14H2,1-4H3/t19-,20+,24-/m1/s1. The van der Waals surface area contributed by atoms with Gasteiger partial charge < -0.3 is 14.2 Å². The lowest BCUT2D eigenvalue weighted by Crippen LogP contribution is -2.28. The Morgan fingerprint density at radius 2 is 1.97 bits per heavy atom. The summed E-state index contributed by atoms with van der Waals surface area (Å²) in [7, 11) is -3.25. The summed E-state index contributed by atoms with van der Waals surface area (Å²) in [5, 5.41) is 4.08. The Morgan fingerprint density at radius 3 is 2.52 bits per heavy atom. The van der Waals surface area contributed by atoms with Gasteiger partial charge in [-0.1, -0.05) is 25.9 Å². The molecule has 0 N–H and O–H groups in total. The van der Waals surface area contributed by atoms with E-state index in [2.05, 4.69) is 40.8 Å². The number of anilines is 1. The highest BCUT2D eigenvalue weighted by atomic mass is 32.2. The number of ether oxygens (including phenoxy) is 1. The molecule has 174 valence electrons.